The van der Waals surface area contributed by atoms with E-state index in [9.17, 15) is 0 Å². The largest absolute Gasteiger partial charge is 0.383 e. The number of nitrogens with one attached hydrogen (secondary N) is 1. The Bertz CT molecular complexity index is 979. The molecule has 7 nitrogen and oxygen atoms in total. The van der Waals surface area contributed by atoms with E-state index in [0.29, 0.717) is 6.61 Å². The topological polar surface area (TPSA) is 67.6 Å². The normalized spacial score (nSPS) is 12.4. The molecule has 1 N–H and O–H groups in total. The van der Waals surface area contributed by atoms with E-state index in [2.05, 4.69) is 30.2 Å². The number of anilines is 2. The third-order valence-electron chi connectivity index (χ3n) is 4.93. The van der Waals surface area contributed by atoms with E-state index in [0.717, 1.165) is 51.8 Å². The van der Waals surface area contributed by atoms with E-state index < -0.39 is 0 Å². The summed E-state index contributed by atoms with van der Waals surface area (Å²) in [5.74, 6) is 1.86. The maximum absolute atomic E-state index is 5.33. The van der Waals surface area contributed by atoms with Gasteiger partial charge < -0.3 is 15.0 Å². The Morgan fingerprint density at radius 2 is 1.96 bits per heavy atom. The van der Waals surface area contributed by atoms with Gasteiger partial charge in [-0.3, -0.25) is 0 Å². The van der Waals surface area contributed by atoms with Crippen LogP contribution in [0.2, 0.25) is 0 Å². The molecule has 3 aromatic heterocycles. The summed E-state index contributed by atoms with van der Waals surface area (Å²) < 4.78 is 7.23. The zero-order valence-electron chi connectivity index (χ0n) is 17.9. The van der Waals surface area contributed by atoms with Gasteiger partial charge in [0.1, 0.15) is 11.6 Å². The molecule has 0 saturated carbocycles. The molecule has 0 aliphatic rings. The van der Waals surface area contributed by atoms with Crippen LogP contribution in [0.25, 0.3) is 16.8 Å². The molecule has 3 rings (SSSR count). The zero-order chi connectivity index (χ0) is 20.4. The highest BCUT2D eigenvalue weighted by Gasteiger charge is 2.19. The fourth-order valence-electron chi connectivity index (χ4n) is 3.38. The van der Waals surface area contributed by atoms with Gasteiger partial charge in [-0.15, -0.1) is 0 Å². The van der Waals surface area contributed by atoms with Crippen LogP contribution in [0.1, 0.15) is 30.3 Å². The number of hydrogen-bond acceptors (Lipinski definition) is 6. The Morgan fingerprint density at radius 3 is 2.57 bits per heavy atom. The monoisotopic (exact) mass is 382 g/mol. The quantitative estimate of drug-likeness (QED) is 0.673. The molecule has 0 bridgehead atoms. The molecular formula is C21H30N6O. The molecule has 3 heterocycles. The molecule has 0 amide bonds. The predicted octanol–water partition coefficient (Wildman–Crippen LogP) is 3.62. The second-order valence-corrected chi connectivity index (χ2v) is 7.44. The first kappa shape index (κ1) is 20.1. The van der Waals surface area contributed by atoms with Crippen molar-refractivity contribution in [2.75, 3.05) is 38.0 Å². The van der Waals surface area contributed by atoms with Crippen LogP contribution in [0.5, 0.6) is 0 Å². The Balaban J connectivity index is 2.14. The maximum Gasteiger partial charge on any atom is 0.165 e. The third-order valence-corrected chi connectivity index (χ3v) is 4.93. The van der Waals surface area contributed by atoms with Gasteiger partial charge in [-0.05, 0) is 38.8 Å². The fraction of sp³-hybridized carbons (Fsp3) is 0.476. The lowest BCUT2D eigenvalue weighted by molar-refractivity contribution is 0.184. The summed E-state index contributed by atoms with van der Waals surface area (Å²) in [5.41, 5.74) is 5.96. The van der Waals surface area contributed by atoms with Crippen LogP contribution in [-0.4, -0.2) is 53.4 Å². The lowest BCUT2D eigenvalue weighted by atomic mass is 10.0. The van der Waals surface area contributed by atoms with Crippen LogP contribution in [0.4, 0.5) is 11.6 Å². The van der Waals surface area contributed by atoms with E-state index in [4.69, 9.17) is 14.8 Å². The van der Waals surface area contributed by atoms with E-state index in [-0.39, 0.29) is 6.04 Å². The van der Waals surface area contributed by atoms with Gasteiger partial charge in [0.25, 0.3) is 0 Å². The van der Waals surface area contributed by atoms with Gasteiger partial charge in [-0.1, -0.05) is 6.92 Å². The molecule has 0 aliphatic carbocycles. The van der Waals surface area contributed by atoms with Crippen molar-refractivity contribution in [3.05, 3.63) is 35.3 Å². The maximum atomic E-state index is 5.33. The summed E-state index contributed by atoms with van der Waals surface area (Å²) >= 11 is 0. The van der Waals surface area contributed by atoms with Crippen molar-refractivity contribution in [2.45, 2.75) is 40.2 Å². The second kappa shape index (κ2) is 8.14. The van der Waals surface area contributed by atoms with Crippen molar-refractivity contribution >= 4 is 17.3 Å². The van der Waals surface area contributed by atoms with Crippen LogP contribution in [0.3, 0.4) is 0 Å². The van der Waals surface area contributed by atoms with Crippen LogP contribution >= 0.6 is 0 Å². The molecule has 1 unspecified atom stereocenters. The highest BCUT2D eigenvalue weighted by atomic mass is 16.5. The molecule has 0 fully saturated rings. The van der Waals surface area contributed by atoms with Gasteiger partial charge in [0.05, 0.1) is 23.9 Å². The van der Waals surface area contributed by atoms with Gasteiger partial charge in [0.2, 0.25) is 0 Å². The summed E-state index contributed by atoms with van der Waals surface area (Å²) in [4.78, 5) is 11.4. The van der Waals surface area contributed by atoms with E-state index in [1.165, 1.54) is 0 Å². The number of nitrogens with zero attached hydrogens (tertiary/aromatic N) is 5. The van der Waals surface area contributed by atoms with Gasteiger partial charge in [-0.25, -0.2) is 9.97 Å². The van der Waals surface area contributed by atoms with E-state index in [1.807, 2.05) is 49.6 Å². The Morgan fingerprint density at radius 1 is 1.21 bits per heavy atom. The van der Waals surface area contributed by atoms with Gasteiger partial charge in [0.15, 0.2) is 5.65 Å². The minimum atomic E-state index is 0.214. The molecule has 0 aromatic carbocycles. The Kier molecular flexibility index (Phi) is 5.84. The number of aryl methyl sites for hydroxylation is 3. The molecule has 0 aliphatic heterocycles. The highest BCUT2D eigenvalue weighted by Crippen LogP contribution is 2.32. The standard InChI is InChI=1S/C21H30N6O/c1-8-16(12-28-7)24-19-10-14(3)23-21-20(15(4)25-27(19)21)17-11-22-18(26(5)6)9-13(17)2/h9-11,16,24H,8,12H2,1-7H3. The second-order valence-electron chi connectivity index (χ2n) is 7.44. The summed E-state index contributed by atoms with van der Waals surface area (Å²) in [5, 5.41) is 8.35. The first-order chi connectivity index (χ1) is 13.3. The molecule has 0 radical (unpaired) electrons. The smallest absolute Gasteiger partial charge is 0.165 e. The third kappa shape index (κ3) is 3.80. The average molecular weight is 383 g/mol. The fourth-order valence-corrected chi connectivity index (χ4v) is 3.38. The van der Waals surface area contributed by atoms with Crippen molar-refractivity contribution in [2.24, 2.45) is 0 Å². The minimum Gasteiger partial charge on any atom is -0.383 e. The lowest BCUT2D eigenvalue weighted by Crippen LogP contribution is -2.25. The minimum absolute atomic E-state index is 0.214. The number of fused-ring (bicyclic) bond motifs is 1. The molecule has 150 valence electrons. The molecule has 7 heteroatoms. The average Bonchev–Trinajstić information content (AvgIpc) is 2.97. The molecule has 1 atom stereocenters. The van der Waals surface area contributed by atoms with Crippen molar-refractivity contribution in [3.8, 4) is 11.1 Å². The zero-order valence-corrected chi connectivity index (χ0v) is 17.9. The van der Waals surface area contributed by atoms with Crippen molar-refractivity contribution in [1.82, 2.24) is 19.6 Å². The van der Waals surface area contributed by atoms with Gasteiger partial charge in [-0.2, -0.15) is 9.61 Å². The first-order valence-corrected chi connectivity index (χ1v) is 9.62. The molecular weight excluding hydrogens is 352 g/mol. The number of pyridine rings is 1. The summed E-state index contributed by atoms with van der Waals surface area (Å²) in [6, 6.07) is 4.34. The first-order valence-electron chi connectivity index (χ1n) is 9.62. The number of rotatable bonds is 7. The van der Waals surface area contributed by atoms with Crippen molar-refractivity contribution in [1.29, 1.82) is 0 Å². The molecule has 28 heavy (non-hydrogen) atoms. The van der Waals surface area contributed by atoms with Crippen LogP contribution < -0.4 is 10.2 Å². The van der Waals surface area contributed by atoms with E-state index >= 15 is 0 Å². The lowest BCUT2D eigenvalue weighted by Gasteiger charge is -2.18. The highest BCUT2D eigenvalue weighted by molar-refractivity contribution is 5.83. The number of aromatic nitrogens is 4. The predicted molar refractivity (Wildman–Crippen MR) is 114 cm³/mol. The summed E-state index contributed by atoms with van der Waals surface area (Å²) in [6.45, 7) is 8.92. The number of methoxy groups -OCH3 is 1. The SMILES string of the molecule is CCC(COC)Nc1cc(C)nc2c(-c3cnc(N(C)C)cc3C)c(C)nn12. The van der Waals surface area contributed by atoms with Gasteiger partial charge in [0, 0.05) is 44.7 Å². The molecule has 0 spiro atoms. The van der Waals surface area contributed by atoms with Crippen LogP contribution in [-0.2, 0) is 4.74 Å². The van der Waals surface area contributed by atoms with Crippen molar-refractivity contribution in [3.63, 3.8) is 0 Å². The Hall–Kier alpha value is -2.67. The summed E-state index contributed by atoms with van der Waals surface area (Å²) in [7, 11) is 5.71. The van der Waals surface area contributed by atoms with Crippen LogP contribution in [0.15, 0.2) is 18.3 Å². The van der Waals surface area contributed by atoms with Crippen molar-refractivity contribution < 1.29 is 4.74 Å². The van der Waals surface area contributed by atoms with Crippen LogP contribution in [0, 0.1) is 20.8 Å². The Labute approximate surface area is 166 Å². The molecule has 3 aromatic rings. The summed E-state index contributed by atoms with van der Waals surface area (Å²) in [6.07, 6.45) is 2.88. The number of ether oxygens (including phenoxy) is 1. The van der Waals surface area contributed by atoms with Gasteiger partial charge >= 0.3 is 0 Å². The number of hydrogen-bond donors (Lipinski definition) is 1. The molecule has 0 saturated heterocycles. The van der Waals surface area contributed by atoms with E-state index in [1.54, 1.807) is 7.11 Å².